The van der Waals surface area contributed by atoms with E-state index in [1.165, 1.54) is 12.8 Å². The summed E-state index contributed by atoms with van der Waals surface area (Å²) in [4.78, 5) is 24.4. The molecular weight excluding hydrogens is 348 g/mol. The van der Waals surface area contributed by atoms with Crippen LogP contribution in [0.1, 0.15) is 47.3 Å². The van der Waals surface area contributed by atoms with Crippen molar-refractivity contribution < 1.29 is 4.79 Å². The average Bonchev–Trinajstić information content (AvgIpc) is 2.98. The van der Waals surface area contributed by atoms with E-state index in [0.29, 0.717) is 11.2 Å². The normalized spacial score (nSPS) is 14.7. The van der Waals surface area contributed by atoms with E-state index in [-0.39, 0.29) is 5.91 Å². The molecule has 5 heteroatoms. The van der Waals surface area contributed by atoms with Crippen LogP contribution in [0.5, 0.6) is 0 Å². The summed E-state index contributed by atoms with van der Waals surface area (Å²) in [5.41, 5.74) is 5.09. The fourth-order valence-corrected chi connectivity index (χ4v) is 3.76. The molecule has 4 rings (SSSR count). The Bertz CT molecular complexity index is 1010. The second kappa shape index (κ2) is 7.97. The van der Waals surface area contributed by atoms with Crippen LogP contribution in [0.25, 0.3) is 11.0 Å². The molecule has 1 saturated heterocycles. The number of para-hydroxylation sites is 1. The van der Waals surface area contributed by atoms with E-state index >= 15 is 0 Å². The highest BCUT2D eigenvalue weighted by atomic mass is 16.2. The Hall–Kier alpha value is -2.95. The van der Waals surface area contributed by atoms with Gasteiger partial charge in [0.15, 0.2) is 5.65 Å². The SMILES string of the molecule is Cc1ccc2c(Nc3ccccc3C)c(C(=O)N3CCCCCC3)cnc2n1. The number of hydrogen-bond acceptors (Lipinski definition) is 4. The second-order valence-electron chi connectivity index (χ2n) is 7.52. The predicted molar refractivity (Wildman–Crippen MR) is 113 cm³/mol. The number of likely N-dealkylation sites (tertiary alicyclic amines) is 1. The van der Waals surface area contributed by atoms with E-state index in [9.17, 15) is 4.79 Å². The van der Waals surface area contributed by atoms with Crippen molar-refractivity contribution in [3.63, 3.8) is 0 Å². The summed E-state index contributed by atoms with van der Waals surface area (Å²) >= 11 is 0. The second-order valence-corrected chi connectivity index (χ2v) is 7.52. The van der Waals surface area contributed by atoms with E-state index in [2.05, 4.69) is 28.3 Å². The zero-order valence-corrected chi connectivity index (χ0v) is 16.5. The van der Waals surface area contributed by atoms with Crippen molar-refractivity contribution >= 4 is 28.3 Å². The Labute approximate surface area is 165 Å². The minimum absolute atomic E-state index is 0.0490. The molecule has 0 unspecified atom stereocenters. The molecule has 0 aliphatic carbocycles. The van der Waals surface area contributed by atoms with Gasteiger partial charge >= 0.3 is 0 Å². The van der Waals surface area contributed by atoms with Gasteiger partial charge in [-0.1, -0.05) is 31.0 Å². The topological polar surface area (TPSA) is 58.1 Å². The quantitative estimate of drug-likeness (QED) is 0.700. The first-order valence-electron chi connectivity index (χ1n) is 10.0. The molecule has 1 amide bonds. The zero-order valence-electron chi connectivity index (χ0n) is 16.5. The van der Waals surface area contributed by atoms with Crippen molar-refractivity contribution in [3.05, 3.63) is 59.4 Å². The summed E-state index contributed by atoms with van der Waals surface area (Å²) in [5.74, 6) is 0.0490. The van der Waals surface area contributed by atoms with E-state index in [1.807, 2.05) is 42.2 Å². The van der Waals surface area contributed by atoms with Gasteiger partial charge in [0.25, 0.3) is 5.91 Å². The molecule has 1 aliphatic rings. The largest absolute Gasteiger partial charge is 0.354 e. The molecule has 3 heterocycles. The van der Waals surface area contributed by atoms with Crippen molar-refractivity contribution in [1.29, 1.82) is 0 Å². The minimum Gasteiger partial charge on any atom is -0.354 e. The van der Waals surface area contributed by atoms with Crippen LogP contribution < -0.4 is 5.32 Å². The molecule has 0 saturated carbocycles. The van der Waals surface area contributed by atoms with Gasteiger partial charge in [0.1, 0.15) is 0 Å². The molecule has 2 aromatic heterocycles. The van der Waals surface area contributed by atoms with Crippen LogP contribution in [0, 0.1) is 13.8 Å². The lowest BCUT2D eigenvalue weighted by molar-refractivity contribution is 0.0762. The summed E-state index contributed by atoms with van der Waals surface area (Å²) in [6, 6.07) is 12.1. The number of aromatic nitrogens is 2. The van der Waals surface area contributed by atoms with E-state index < -0.39 is 0 Å². The van der Waals surface area contributed by atoms with Gasteiger partial charge in [-0.3, -0.25) is 4.79 Å². The van der Waals surface area contributed by atoms with Gasteiger partial charge in [-0.2, -0.15) is 0 Å². The number of carbonyl (C=O) groups is 1. The first-order chi connectivity index (χ1) is 13.6. The Morgan fingerprint density at radius 3 is 2.50 bits per heavy atom. The highest BCUT2D eigenvalue weighted by molar-refractivity contribution is 6.07. The van der Waals surface area contributed by atoms with Crippen molar-refractivity contribution in [1.82, 2.24) is 14.9 Å². The minimum atomic E-state index is 0.0490. The van der Waals surface area contributed by atoms with E-state index in [4.69, 9.17) is 0 Å². The molecule has 1 aliphatic heterocycles. The molecule has 28 heavy (non-hydrogen) atoms. The van der Waals surface area contributed by atoms with Crippen molar-refractivity contribution in [2.75, 3.05) is 18.4 Å². The van der Waals surface area contributed by atoms with Crippen molar-refractivity contribution in [2.24, 2.45) is 0 Å². The maximum absolute atomic E-state index is 13.4. The fraction of sp³-hybridized carbons (Fsp3) is 0.348. The standard InChI is InChI=1S/C23H26N4O/c1-16-9-5-6-10-20(16)26-21-18-12-11-17(2)25-22(18)24-15-19(21)23(28)27-13-7-3-4-8-14-27/h5-6,9-12,15H,3-4,7-8,13-14H2,1-2H3,(H,24,25,26). The number of amides is 1. The number of aryl methyl sites for hydroxylation is 2. The van der Waals surface area contributed by atoms with E-state index in [1.54, 1.807) is 6.20 Å². The molecular formula is C23H26N4O. The molecule has 1 N–H and O–H groups in total. The zero-order chi connectivity index (χ0) is 19.5. The van der Waals surface area contributed by atoms with Gasteiger partial charge in [-0.25, -0.2) is 9.97 Å². The average molecular weight is 374 g/mol. The summed E-state index contributed by atoms with van der Waals surface area (Å²) in [6.45, 7) is 5.63. The molecule has 1 fully saturated rings. The number of fused-ring (bicyclic) bond motifs is 1. The fourth-order valence-electron chi connectivity index (χ4n) is 3.76. The van der Waals surface area contributed by atoms with Gasteiger partial charge in [0.05, 0.1) is 11.3 Å². The number of pyridine rings is 2. The number of carbonyl (C=O) groups excluding carboxylic acids is 1. The molecule has 1 aromatic carbocycles. The van der Waals surface area contributed by atoms with Crippen LogP contribution in [0.2, 0.25) is 0 Å². The van der Waals surface area contributed by atoms with E-state index in [0.717, 1.165) is 53.9 Å². The summed E-state index contributed by atoms with van der Waals surface area (Å²) in [7, 11) is 0. The molecule has 5 nitrogen and oxygen atoms in total. The van der Waals surface area contributed by atoms with Crippen LogP contribution in [0.3, 0.4) is 0 Å². The predicted octanol–water partition coefficient (Wildman–Crippen LogP) is 5.01. The monoisotopic (exact) mass is 374 g/mol. The summed E-state index contributed by atoms with van der Waals surface area (Å²) < 4.78 is 0. The van der Waals surface area contributed by atoms with Gasteiger partial charge in [0.2, 0.25) is 0 Å². The van der Waals surface area contributed by atoms with Gasteiger partial charge in [-0.05, 0) is 50.5 Å². The lowest BCUT2D eigenvalue weighted by atomic mass is 10.1. The van der Waals surface area contributed by atoms with Crippen molar-refractivity contribution in [2.45, 2.75) is 39.5 Å². The molecule has 0 bridgehead atoms. The number of nitrogens with zero attached hydrogens (tertiary/aromatic N) is 3. The Morgan fingerprint density at radius 2 is 1.75 bits per heavy atom. The first kappa shape index (κ1) is 18.4. The molecule has 0 atom stereocenters. The smallest absolute Gasteiger partial charge is 0.257 e. The Kier molecular flexibility index (Phi) is 5.24. The molecule has 3 aromatic rings. The molecule has 144 valence electrons. The van der Waals surface area contributed by atoms with Crippen LogP contribution in [0.15, 0.2) is 42.6 Å². The van der Waals surface area contributed by atoms with Crippen LogP contribution in [0.4, 0.5) is 11.4 Å². The Balaban J connectivity index is 1.82. The number of nitrogens with one attached hydrogen (secondary N) is 1. The highest BCUT2D eigenvalue weighted by Crippen LogP contribution is 2.31. The first-order valence-corrected chi connectivity index (χ1v) is 10.0. The number of benzene rings is 1. The van der Waals surface area contributed by atoms with Gasteiger partial charge in [0, 0.05) is 36.1 Å². The lowest BCUT2D eigenvalue weighted by Gasteiger charge is -2.23. The summed E-state index contributed by atoms with van der Waals surface area (Å²) in [6.07, 6.45) is 6.19. The molecule has 0 radical (unpaired) electrons. The third-order valence-electron chi connectivity index (χ3n) is 5.40. The lowest BCUT2D eigenvalue weighted by Crippen LogP contribution is -2.32. The van der Waals surface area contributed by atoms with Crippen LogP contribution in [-0.2, 0) is 0 Å². The maximum Gasteiger partial charge on any atom is 0.257 e. The third-order valence-corrected chi connectivity index (χ3v) is 5.40. The van der Waals surface area contributed by atoms with Crippen LogP contribution in [-0.4, -0.2) is 33.9 Å². The number of rotatable bonds is 3. The highest BCUT2D eigenvalue weighted by Gasteiger charge is 2.23. The van der Waals surface area contributed by atoms with Gasteiger partial charge in [-0.15, -0.1) is 0 Å². The summed E-state index contributed by atoms with van der Waals surface area (Å²) in [5, 5.41) is 4.38. The Morgan fingerprint density at radius 1 is 1.00 bits per heavy atom. The van der Waals surface area contributed by atoms with Gasteiger partial charge < -0.3 is 10.2 Å². The maximum atomic E-state index is 13.4. The van der Waals surface area contributed by atoms with Crippen LogP contribution >= 0.6 is 0 Å². The molecule has 0 spiro atoms. The number of hydrogen-bond donors (Lipinski definition) is 1. The van der Waals surface area contributed by atoms with Crippen molar-refractivity contribution in [3.8, 4) is 0 Å². The number of anilines is 2. The third kappa shape index (κ3) is 3.70.